The average Bonchev–Trinajstić information content (AvgIpc) is 3.47. The van der Waals surface area contributed by atoms with Crippen molar-refractivity contribution in [3.05, 3.63) is 53.6 Å². The number of nitrogens with one attached hydrogen (secondary N) is 1. The lowest BCUT2D eigenvalue weighted by Crippen LogP contribution is -2.28. The third kappa shape index (κ3) is 4.19. The lowest BCUT2D eigenvalue weighted by Gasteiger charge is -2.17. The second kappa shape index (κ2) is 7.83. The van der Waals surface area contributed by atoms with Gasteiger partial charge in [0.05, 0.1) is 6.54 Å². The minimum Gasteiger partial charge on any atom is -0.349 e. The fourth-order valence-corrected chi connectivity index (χ4v) is 3.30. The summed E-state index contributed by atoms with van der Waals surface area (Å²) in [5.41, 5.74) is 1.23. The van der Waals surface area contributed by atoms with Crippen molar-refractivity contribution in [1.29, 1.82) is 0 Å². The van der Waals surface area contributed by atoms with E-state index < -0.39 is 0 Å². The molecule has 26 heavy (non-hydrogen) atoms. The van der Waals surface area contributed by atoms with Crippen molar-refractivity contribution in [1.82, 2.24) is 25.0 Å². The Labute approximate surface area is 153 Å². The van der Waals surface area contributed by atoms with Crippen LogP contribution in [-0.4, -0.2) is 45.2 Å². The molecule has 6 nitrogen and oxygen atoms in total. The van der Waals surface area contributed by atoms with Gasteiger partial charge in [0.25, 0.3) is 0 Å². The van der Waals surface area contributed by atoms with Crippen LogP contribution in [0.3, 0.4) is 0 Å². The minimum atomic E-state index is 0.156. The van der Waals surface area contributed by atoms with Crippen molar-refractivity contribution in [2.75, 3.05) is 19.6 Å². The number of carbonyl (C=O) groups excluding carboxylic acids is 1. The monoisotopic (exact) mass is 351 g/mol. The summed E-state index contributed by atoms with van der Waals surface area (Å²) in [4.78, 5) is 14.3. The predicted molar refractivity (Wildman–Crippen MR) is 100 cm³/mol. The molecule has 1 saturated carbocycles. The Morgan fingerprint density at radius 1 is 1.15 bits per heavy atom. The topological polar surface area (TPSA) is 63.1 Å². The first kappa shape index (κ1) is 17.0. The highest BCUT2D eigenvalue weighted by Gasteiger charge is 2.29. The highest BCUT2D eigenvalue weighted by molar-refractivity contribution is 5.80. The molecule has 0 radical (unpaired) electrons. The van der Waals surface area contributed by atoms with Crippen LogP contribution in [0.1, 0.15) is 30.1 Å². The molecule has 2 heterocycles. The van der Waals surface area contributed by atoms with Gasteiger partial charge >= 0.3 is 0 Å². The lowest BCUT2D eigenvalue weighted by molar-refractivity contribution is -0.122. The number of fused-ring (bicyclic) bond motifs is 1. The molecule has 1 N–H and O–H groups in total. The van der Waals surface area contributed by atoms with E-state index in [0.717, 1.165) is 57.1 Å². The Morgan fingerprint density at radius 2 is 2.00 bits per heavy atom. The van der Waals surface area contributed by atoms with E-state index in [9.17, 15) is 4.79 Å². The summed E-state index contributed by atoms with van der Waals surface area (Å²) in [6.45, 7) is 4.23. The van der Waals surface area contributed by atoms with Crippen LogP contribution >= 0.6 is 0 Å². The number of carbonyl (C=O) groups is 1. The average molecular weight is 351 g/mol. The van der Waals surface area contributed by atoms with Crippen LogP contribution in [0.25, 0.3) is 6.08 Å². The molecule has 1 amide bonds. The Bertz CT molecular complexity index is 779. The molecule has 1 fully saturated rings. The molecular formula is C20H25N5O. The van der Waals surface area contributed by atoms with Gasteiger partial charge < -0.3 is 9.88 Å². The third-order valence-corrected chi connectivity index (χ3v) is 5.04. The van der Waals surface area contributed by atoms with Crippen molar-refractivity contribution in [2.24, 2.45) is 5.92 Å². The van der Waals surface area contributed by atoms with Gasteiger partial charge in [0.2, 0.25) is 5.91 Å². The largest absolute Gasteiger partial charge is 0.349 e. The van der Waals surface area contributed by atoms with Gasteiger partial charge in [0.1, 0.15) is 5.82 Å². The summed E-state index contributed by atoms with van der Waals surface area (Å²) in [6.07, 6.45) is 7.33. The van der Waals surface area contributed by atoms with Crippen molar-refractivity contribution in [3.8, 4) is 0 Å². The molecule has 2 aliphatic rings. The maximum atomic E-state index is 11.8. The molecule has 1 aromatic carbocycles. The summed E-state index contributed by atoms with van der Waals surface area (Å²) in [6, 6.07) is 10.4. The lowest BCUT2D eigenvalue weighted by atomic mass is 10.2. The van der Waals surface area contributed by atoms with E-state index in [2.05, 4.69) is 61.4 Å². The van der Waals surface area contributed by atoms with Crippen LogP contribution in [0.2, 0.25) is 0 Å². The van der Waals surface area contributed by atoms with Gasteiger partial charge in [-0.2, -0.15) is 0 Å². The first-order chi connectivity index (χ1) is 12.8. The third-order valence-electron chi connectivity index (χ3n) is 5.04. The van der Waals surface area contributed by atoms with Gasteiger partial charge in [-0.05, 0) is 18.4 Å². The molecule has 0 saturated heterocycles. The molecule has 0 spiro atoms. The van der Waals surface area contributed by atoms with Crippen molar-refractivity contribution in [2.45, 2.75) is 32.4 Å². The van der Waals surface area contributed by atoms with Crippen LogP contribution < -0.4 is 5.32 Å². The Balaban J connectivity index is 1.31. The molecule has 0 atom stereocenters. The second-order valence-corrected chi connectivity index (χ2v) is 7.04. The number of rotatable bonds is 6. The van der Waals surface area contributed by atoms with Crippen LogP contribution in [0.4, 0.5) is 0 Å². The molecule has 0 bridgehead atoms. The van der Waals surface area contributed by atoms with Crippen LogP contribution in [-0.2, 0) is 24.3 Å². The number of hydrogen-bond acceptors (Lipinski definition) is 4. The molecule has 1 aliphatic carbocycles. The molecular weight excluding hydrogens is 326 g/mol. The molecule has 136 valence electrons. The van der Waals surface area contributed by atoms with E-state index in [1.165, 1.54) is 5.56 Å². The minimum absolute atomic E-state index is 0.156. The van der Waals surface area contributed by atoms with E-state index in [1.54, 1.807) is 0 Å². The molecule has 6 heteroatoms. The maximum absolute atomic E-state index is 11.8. The fraction of sp³-hybridized carbons (Fsp3) is 0.450. The molecule has 1 aromatic heterocycles. The van der Waals surface area contributed by atoms with Gasteiger partial charge in [0.15, 0.2) is 5.82 Å². The summed E-state index contributed by atoms with van der Waals surface area (Å²) in [5, 5.41) is 11.6. The highest BCUT2D eigenvalue weighted by atomic mass is 16.2. The Morgan fingerprint density at radius 3 is 2.81 bits per heavy atom. The van der Waals surface area contributed by atoms with E-state index in [4.69, 9.17) is 0 Å². The summed E-state index contributed by atoms with van der Waals surface area (Å²) in [7, 11) is 0. The van der Waals surface area contributed by atoms with E-state index in [0.29, 0.717) is 6.54 Å². The van der Waals surface area contributed by atoms with Gasteiger partial charge in [-0.3, -0.25) is 9.69 Å². The van der Waals surface area contributed by atoms with Gasteiger partial charge in [-0.1, -0.05) is 42.5 Å². The number of hydrogen-bond donors (Lipinski definition) is 1. The zero-order chi connectivity index (χ0) is 17.8. The van der Waals surface area contributed by atoms with Crippen molar-refractivity contribution >= 4 is 12.0 Å². The number of nitrogens with zero attached hydrogens (tertiary/aromatic N) is 4. The second-order valence-electron chi connectivity index (χ2n) is 7.04. The predicted octanol–water partition coefficient (Wildman–Crippen LogP) is 1.88. The molecule has 4 rings (SSSR count). The van der Waals surface area contributed by atoms with Crippen LogP contribution in [0.15, 0.2) is 36.4 Å². The zero-order valence-corrected chi connectivity index (χ0v) is 15.0. The van der Waals surface area contributed by atoms with E-state index in [1.807, 2.05) is 6.07 Å². The summed E-state index contributed by atoms with van der Waals surface area (Å²) >= 11 is 0. The standard InChI is InChI=1S/C20H25N5O/c26-20(17-8-9-17)21-15-19-23-22-18-10-12-24(13-14-25(18)19)11-4-7-16-5-2-1-3-6-16/h1-7,17H,8-15H2,(H,21,26). The maximum Gasteiger partial charge on any atom is 0.223 e. The first-order valence-corrected chi connectivity index (χ1v) is 9.42. The Hall–Kier alpha value is -2.47. The number of aromatic nitrogens is 3. The van der Waals surface area contributed by atoms with E-state index >= 15 is 0 Å². The molecule has 1 aliphatic heterocycles. The van der Waals surface area contributed by atoms with Crippen molar-refractivity contribution in [3.63, 3.8) is 0 Å². The fourth-order valence-electron chi connectivity index (χ4n) is 3.30. The smallest absolute Gasteiger partial charge is 0.223 e. The molecule has 2 aromatic rings. The van der Waals surface area contributed by atoms with Crippen LogP contribution in [0, 0.1) is 5.92 Å². The quantitative estimate of drug-likeness (QED) is 0.863. The van der Waals surface area contributed by atoms with Gasteiger partial charge in [-0.15, -0.1) is 10.2 Å². The SMILES string of the molecule is O=C(NCc1nnc2n1CCN(CC=Cc1ccccc1)CC2)C1CC1. The normalized spacial score (nSPS) is 17.8. The summed E-state index contributed by atoms with van der Waals surface area (Å²) in [5.74, 6) is 2.28. The van der Waals surface area contributed by atoms with Gasteiger partial charge in [-0.25, -0.2) is 0 Å². The zero-order valence-electron chi connectivity index (χ0n) is 15.0. The molecule has 0 unspecified atom stereocenters. The number of amides is 1. The van der Waals surface area contributed by atoms with E-state index in [-0.39, 0.29) is 11.8 Å². The first-order valence-electron chi connectivity index (χ1n) is 9.42. The Kier molecular flexibility index (Phi) is 5.11. The number of benzene rings is 1. The summed E-state index contributed by atoms with van der Waals surface area (Å²) < 4.78 is 2.17. The van der Waals surface area contributed by atoms with Gasteiger partial charge in [0, 0.05) is 38.5 Å². The van der Waals surface area contributed by atoms with Crippen LogP contribution in [0.5, 0.6) is 0 Å². The van der Waals surface area contributed by atoms with Crippen molar-refractivity contribution < 1.29 is 4.79 Å². The highest BCUT2D eigenvalue weighted by Crippen LogP contribution is 2.28.